The van der Waals surface area contributed by atoms with E-state index in [0.29, 0.717) is 10.9 Å². The number of H-pyrrole nitrogens is 1. The van der Waals surface area contributed by atoms with Crippen LogP contribution in [0, 0.1) is 5.82 Å². The largest absolute Gasteiger partial charge is 0.350 e. The maximum atomic E-state index is 13.3. The van der Waals surface area contributed by atoms with Crippen LogP contribution in [0.1, 0.15) is 21.0 Å². The summed E-state index contributed by atoms with van der Waals surface area (Å²) in [5.74, 6) is -1.46. The molecule has 134 valence electrons. The summed E-state index contributed by atoms with van der Waals surface area (Å²) in [6, 6.07) is 14.9. The highest BCUT2D eigenvalue weighted by atomic mass is 19.1. The highest BCUT2D eigenvalue weighted by Crippen LogP contribution is 2.16. The zero-order chi connectivity index (χ0) is 18.8. The number of hydrogen-bond acceptors (Lipinski definition) is 3. The number of para-hydroxylation sites is 1. The summed E-state index contributed by atoms with van der Waals surface area (Å²) in [5.41, 5.74) is 6.55. The van der Waals surface area contributed by atoms with Gasteiger partial charge in [-0.2, -0.15) is 0 Å². The van der Waals surface area contributed by atoms with Crippen LogP contribution in [0.3, 0.4) is 0 Å². The van der Waals surface area contributed by atoms with E-state index in [1.807, 2.05) is 30.3 Å². The zero-order valence-corrected chi connectivity index (χ0v) is 13.9. The Hall–Kier alpha value is -3.94. The normalized spacial score (nSPS) is 10.7. The van der Waals surface area contributed by atoms with Crippen molar-refractivity contribution in [2.45, 2.75) is 0 Å². The Morgan fingerprint density at radius 2 is 1.78 bits per heavy atom. The second-order valence-corrected chi connectivity index (χ2v) is 5.81. The lowest BCUT2D eigenvalue weighted by atomic mass is 10.2. The number of carbonyl (C=O) groups is 2. The molecule has 8 heteroatoms. The molecule has 0 atom stereocenters. The first-order chi connectivity index (χ1) is 13.1. The van der Waals surface area contributed by atoms with E-state index in [0.717, 1.165) is 5.69 Å². The summed E-state index contributed by atoms with van der Waals surface area (Å²) in [5, 5.41) is 0.564. The van der Waals surface area contributed by atoms with Gasteiger partial charge in [0.2, 0.25) is 0 Å². The molecule has 0 fully saturated rings. The average molecular weight is 363 g/mol. The van der Waals surface area contributed by atoms with Gasteiger partial charge in [-0.3, -0.25) is 25.0 Å². The van der Waals surface area contributed by atoms with Crippen LogP contribution in [0.2, 0.25) is 0 Å². The molecule has 0 radical (unpaired) electrons. The van der Waals surface area contributed by atoms with Crippen molar-refractivity contribution in [3.8, 4) is 5.69 Å². The monoisotopic (exact) mass is 363 g/mol. The van der Waals surface area contributed by atoms with Gasteiger partial charge in [-0.25, -0.2) is 9.37 Å². The van der Waals surface area contributed by atoms with Crippen molar-refractivity contribution in [2.24, 2.45) is 0 Å². The molecule has 2 heterocycles. The van der Waals surface area contributed by atoms with Crippen molar-refractivity contribution in [3.63, 3.8) is 0 Å². The molecule has 4 rings (SSSR count). The maximum absolute atomic E-state index is 13.3. The van der Waals surface area contributed by atoms with Crippen molar-refractivity contribution in [2.75, 3.05) is 0 Å². The number of hydrazine groups is 1. The number of halogens is 1. The molecule has 0 aliphatic rings. The first-order valence-electron chi connectivity index (χ1n) is 8.08. The van der Waals surface area contributed by atoms with Crippen LogP contribution in [-0.4, -0.2) is 26.3 Å². The molecular weight excluding hydrogens is 349 g/mol. The van der Waals surface area contributed by atoms with Gasteiger partial charge in [0, 0.05) is 16.6 Å². The third kappa shape index (κ3) is 3.28. The zero-order valence-electron chi connectivity index (χ0n) is 13.9. The summed E-state index contributed by atoms with van der Waals surface area (Å²) < 4.78 is 14.9. The van der Waals surface area contributed by atoms with Gasteiger partial charge >= 0.3 is 0 Å². The number of carbonyl (C=O) groups excluding carboxylic acids is 2. The fraction of sp³-hybridized carbons (Fsp3) is 0. The minimum atomic E-state index is -0.550. The first kappa shape index (κ1) is 16.5. The molecule has 2 amide bonds. The number of amides is 2. The highest BCUT2D eigenvalue weighted by molar-refractivity contribution is 6.00. The lowest BCUT2D eigenvalue weighted by molar-refractivity contribution is 0.0840. The lowest BCUT2D eigenvalue weighted by Gasteiger charge is -2.09. The number of benzene rings is 2. The number of aromatic amines is 1. The van der Waals surface area contributed by atoms with Gasteiger partial charge in [0.1, 0.15) is 17.2 Å². The SMILES string of the molecule is O=C(NNC(=O)c1cncn1-c1ccccc1)c1cc2cc(F)ccc2[nH]1. The van der Waals surface area contributed by atoms with Gasteiger partial charge in [0.15, 0.2) is 0 Å². The van der Waals surface area contributed by atoms with E-state index in [2.05, 4.69) is 20.8 Å². The van der Waals surface area contributed by atoms with Crippen molar-refractivity contribution < 1.29 is 14.0 Å². The number of nitrogens with zero attached hydrogens (tertiary/aromatic N) is 2. The summed E-state index contributed by atoms with van der Waals surface area (Å²) in [4.78, 5) is 31.5. The Morgan fingerprint density at radius 3 is 2.59 bits per heavy atom. The molecule has 0 aliphatic heterocycles. The van der Waals surface area contributed by atoms with Gasteiger partial charge in [-0.1, -0.05) is 18.2 Å². The van der Waals surface area contributed by atoms with Crippen molar-refractivity contribution in [1.29, 1.82) is 0 Å². The molecule has 0 saturated heterocycles. The average Bonchev–Trinajstić information content (AvgIpc) is 3.33. The Morgan fingerprint density at radius 1 is 1.00 bits per heavy atom. The molecule has 4 aromatic rings. The van der Waals surface area contributed by atoms with Gasteiger partial charge in [-0.05, 0) is 36.4 Å². The molecular formula is C19H14FN5O2. The van der Waals surface area contributed by atoms with Crippen LogP contribution in [0.15, 0.2) is 67.1 Å². The smallest absolute Gasteiger partial charge is 0.288 e. The van der Waals surface area contributed by atoms with Gasteiger partial charge in [0.25, 0.3) is 11.8 Å². The number of imidazole rings is 1. The number of aromatic nitrogens is 3. The topological polar surface area (TPSA) is 91.8 Å². The van der Waals surface area contributed by atoms with Crippen LogP contribution in [0.25, 0.3) is 16.6 Å². The van der Waals surface area contributed by atoms with Crippen LogP contribution in [0.5, 0.6) is 0 Å². The van der Waals surface area contributed by atoms with Crippen LogP contribution >= 0.6 is 0 Å². The second-order valence-electron chi connectivity index (χ2n) is 5.81. The van der Waals surface area contributed by atoms with E-state index >= 15 is 0 Å². The molecule has 0 aliphatic carbocycles. The summed E-state index contributed by atoms with van der Waals surface area (Å²) in [6.07, 6.45) is 2.92. The van der Waals surface area contributed by atoms with Crippen molar-refractivity contribution >= 4 is 22.7 Å². The Labute approximate surface area is 152 Å². The molecule has 2 aromatic carbocycles. The van der Waals surface area contributed by atoms with E-state index in [9.17, 15) is 14.0 Å². The molecule has 2 aromatic heterocycles. The van der Waals surface area contributed by atoms with Crippen molar-refractivity contribution in [1.82, 2.24) is 25.4 Å². The molecule has 27 heavy (non-hydrogen) atoms. The standard InChI is InChI=1S/C19H14FN5O2/c20-13-6-7-15-12(8-13)9-16(22-15)18(26)23-24-19(27)17-10-21-11-25(17)14-4-2-1-3-5-14/h1-11,22H,(H,23,26)(H,24,27). The van der Waals surface area contributed by atoms with Crippen LogP contribution < -0.4 is 10.9 Å². The molecule has 0 unspecified atom stereocenters. The summed E-state index contributed by atoms with van der Waals surface area (Å²) >= 11 is 0. The van der Waals surface area contributed by atoms with Gasteiger partial charge in [-0.15, -0.1) is 0 Å². The second kappa shape index (κ2) is 6.75. The van der Waals surface area contributed by atoms with E-state index < -0.39 is 17.6 Å². The van der Waals surface area contributed by atoms with E-state index in [1.165, 1.54) is 30.7 Å². The summed E-state index contributed by atoms with van der Waals surface area (Å²) in [6.45, 7) is 0. The predicted molar refractivity (Wildman–Crippen MR) is 96.8 cm³/mol. The van der Waals surface area contributed by atoms with E-state index in [4.69, 9.17) is 0 Å². The van der Waals surface area contributed by atoms with Crippen molar-refractivity contribution in [3.05, 3.63) is 84.3 Å². The molecule has 7 nitrogen and oxygen atoms in total. The molecule has 0 saturated carbocycles. The van der Waals surface area contributed by atoms with E-state index in [-0.39, 0.29) is 11.4 Å². The van der Waals surface area contributed by atoms with E-state index in [1.54, 1.807) is 10.6 Å². The predicted octanol–water partition coefficient (Wildman–Crippen LogP) is 2.57. The number of hydrogen-bond donors (Lipinski definition) is 3. The Kier molecular flexibility index (Phi) is 4.13. The van der Waals surface area contributed by atoms with Gasteiger partial charge < -0.3 is 4.98 Å². The minimum Gasteiger partial charge on any atom is -0.350 e. The Balaban J connectivity index is 1.48. The highest BCUT2D eigenvalue weighted by Gasteiger charge is 2.15. The lowest BCUT2D eigenvalue weighted by Crippen LogP contribution is -2.42. The minimum absolute atomic E-state index is 0.201. The van der Waals surface area contributed by atoms with Gasteiger partial charge in [0.05, 0.1) is 12.5 Å². The number of rotatable bonds is 3. The third-order valence-corrected chi connectivity index (χ3v) is 4.02. The quantitative estimate of drug-likeness (QED) is 0.489. The molecule has 0 spiro atoms. The Bertz CT molecular complexity index is 1130. The maximum Gasteiger partial charge on any atom is 0.288 e. The number of nitrogens with one attached hydrogen (secondary N) is 3. The third-order valence-electron chi connectivity index (χ3n) is 4.02. The molecule has 3 N–H and O–H groups in total. The van der Waals surface area contributed by atoms with Crippen LogP contribution in [0.4, 0.5) is 4.39 Å². The fourth-order valence-electron chi connectivity index (χ4n) is 2.73. The van der Waals surface area contributed by atoms with Crippen LogP contribution in [-0.2, 0) is 0 Å². The number of fused-ring (bicyclic) bond motifs is 1. The summed E-state index contributed by atoms with van der Waals surface area (Å²) in [7, 11) is 0. The first-order valence-corrected chi connectivity index (χ1v) is 8.08. The molecule has 0 bridgehead atoms. The fourth-order valence-corrected chi connectivity index (χ4v) is 2.73.